The van der Waals surface area contributed by atoms with Crippen molar-refractivity contribution in [2.45, 2.75) is 19.0 Å². The summed E-state index contributed by atoms with van der Waals surface area (Å²) in [5, 5.41) is 23.3. The van der Waals surface area contributed by atoms with Crippen LogP contribution in [0.2, 0.25) is 5.02 Å². The lowest BCUT2D eigenvalue weighted by molar-refractivity contribution is 0.234. The van der Waals surface area contributed by atoms with Crippen molar-refractivity contribution in [1.29, 1.82) is 0 Å². The van der Waals surface area contributed by atoms with Crippen molar-refractivity contribution in [3.8, 4) is 5.75 Å². The quantitative estimate of drug-likeness (QED) is 0.791. The highest BCUT2D eigenvalue weighted by atomic mass is 35.5. The molecule has 3 nitrogen and oxygen atoms in total. The topological polar surface area (TPSA) is 52.5 Å². The molecule has 2 rings (SSSR count). The molecule has 0 aliphatic rings. The van der Waals surface area contributed by atoms with E-state index >= 15 is 0 Å². The monoisotopic (exact) mass is 291 g/mol. The Bertz CT molecular complexity index is 560. The maximum Gasteiger partial charge on any atom is 0.120 e. The minimum absolute atomic E-state index is 0.0182. The Kier molecular flexibility index (Phi) is 5.01. The average Bonchev–Trinajstić information content (AvgIpc) is 2.48. The van der Waals surface area contributed by atoms with E-state index in [0.29, 0.717) is 10.6 Å². The van der Waals surface area contributed by atoms with Crippen LogP contribution in [0.4, 0.5) is 0 Å². The molecule has 20 heavy (non-hydrogen) atoms. The van der Waals surface area contributed by atoms with Crippen LogP contribution in [0.1, 0.15) is 30.1 Å². The summed E-state index contributed by atoms with van der Waals surface area (Å²) >= 11 is 5.96. The number of hydrogen-bond donors (Lipinski definition) is 3. The second-order valence-corrected chi connectivity index (χ2v) is 5.17. The molecule has 0 aromatic heterocycles. The molecule has 2 aromatic rings. The first-order valence-corrected chi connectivity index (χ1v) is 6.90. The Balaban J connectivity index is 2.17. The van der Waals surface area contributed by atoms with E-state index in [2.05, 4.69) is 5.32 Å². The number of halogens is 1. The van der Waals surface area contributed by atoms with Gasteiger partial charge in [-0.25, -0.2) is 0 Å². The van der Waals surface area contributed by atoms with Gasteiger partial charge in [-0.3, -0.25) is 0 Å². The van der Waals surface area contributed by atoms with E-state index in [1.54, 1.807) is 18.2 Å². The summed E-state index contributed by atoms with van der Waals surface area (Å²) in [6, 6.07) is 14.3. The molecule has 0 aliphatic carbocycles. The van der Waals surface area contributed by atoms with E-state index in [1.807, 2.05) is 37.3 Å². The van der Waals surface area contributed by atoms with E-state index < -0.39 is 0 Å². The number of aromatic hydroxyl groups is 1. The maximum absolute atomic E-state index is 9.90. The molecule has 0 radical (unpaired) electrons. The highest BCUT2D eigenvalue weighted by Gasteiger charge is 2.17. The Morgan fingerprint density at radius 3 is 2.50 bits per heavy atom. The number of phenols is 1. The van der Waals surface area contributed by atoms with Crippen molar-refractivity contribution >= 4 is 11.6 Å². The Morgan fingerprint density at radius 1 is 1.15 bits per heavy atom. The summed E-state index contributed by atoms with van der Waals surface area (Å²) in [6.07, 6.45) is 0. The van der Waals surface area contributed by atoms with Gasteiger partial charge in [-0.2, -0.15) is 0 Å². The molecule has 2 atom stereocenters. The number of phenolic OH excluding ortho intramolecular Hbond substituents is 1. The summed E-state index contributed by atoms with van der Waals surface area (Å²) < 4.78 is 0. The molecule has 2 aromatic carbocycles. The molecule has 0 saturated heterocycles. The van der Waals surface area contributed by atoms with Gasteiger partial charge in [-0.05, 0) is 30.7 Å². The number of aliphatic hydroxyl groups is 1. The molecule has 3 N–H and O–H groups in total. The minimum Gasteiger partial charge on any atom is -0.508 e. The zero-order chi connectivity index (χ0) is 14.5. The van der Waals surface area contributed by atoms with Crippen molar-refractivity contribution in [3.05, 3.63) is 64.7 Å². The largest absolute Gasteiger partial charge is 0.508 e. The van der Waals surface area contributed by atoms with Crippen LogP contribution in [0.15, 0.2) is 48.5 Å². The normalized spacial score (nSPS) is 13.9. The smallest absolute Gasteiger partial charge is 0.120 e. The van der Waals surface area contributed by atoms with E-state index in [-0.39, 0.29) is 24.4 Å². The number of benzene rings is 2. The minimum atomic E-state index is -0.190. The number of rotatable bonds is 5. The van der Waals surface area contributed by atoms with E-state index in [1.165, 1.54) is 0 Å². The number of aliphatic hydroxyl groups excluding tert-OH is 1. The van der Waals surface area contributed by atoms with Gasteiger partial charge in [0.15, 0.2) is 0 Å². The van der Waals surface area contributed by atoms with Crippen LogP contribution in [0.3, 0.4) is 0 Å². The molecule has 0 aliphatic heterocycles. The molecule has 4 heteroatoms. The fraction of sp³-hybridized carbons (Fsp3) is 0.250. The molecule has 0 unspecified atom stereocenters. The van der Waals surface area contributed by atoms with Gasteiger partial charge in [0, 0.05) is 16.6 Å². The van der Waals surface area contributed by atoms with Crippen LogP contribution in [0, 0.1) is 0 Å². The molecular formula is C16H18ClNO2. The molecule has 0 saturated carbocycles. The molecule has 0 amide bonds. The summed E-state index contributed by atoms with van der Waals surface area (Å²) in [5.74, 6) is 0.194. The lowest BCUT2D eigenvalue weighted by atomic mass is 10.0. The molecule has 0 fully saturated rings. The van der Waals surface area contributed by atoms with Crippen LogP contribution in [0.5, 0.6) is 5.75 Å². The zero-order valence-corrected chi connectivity index (χ0v) is 12.0. The Morgan fingerprint density at radius 2 is 1.85 bits per heavy atom. The number of hydrogen-bond acceptors (Lipinski definition) is 3. The fourth-order valence-electron chi connectivity index (χ4n) is 2.20. The van der Waals surface area contributed by atoms with Crippen LogP contribution in [0.25, 0.3) is 0 Å². The molecule has 106 valence electrons. The first-order chi connectivity index (χ1) is 9.61. The van der Waals surface area contributed by atoms with Crippen molar-refractivity contribution < 1.29 is 10.2 Å². The highest BCUT2D eigenvalue weighted by Crippen LogP contribution is 2.28. The third kappa shape index (κ3) is 3.51. The zero-order valence-electron chi connectivity index (χ0n) is 11.3. The standard InChI is InChI=1S/C16H18ClNO2/c1-11(14-9-13(17)7-8-16(14)20)18-15(10-19)12-5-3-2-4-6-12/h2-9,11,15,18-20H,10H2,1H3/t11-,15-/m0/s1. The predicted octanol–water partition coefficient (Wildman–Crippen LogP) is 3.43. The van der Waals surface area contributed by atoms with Gasteiger partial charge < -0.3 is 15.5 Å². The van der Waals surface area contributed by atoms with Crippen molar-refractivity contribution in [1.82, 2.24) is 5.32 Å². The van der Waals surface area contributed by atoms with Crippen LogP contribution in [-0.2, 0) is 0 Å². The Hall–Kier alpha value is -1.55. The Labute approximate surface area is 123 Å². The third-order valence-corrected chi connectivity index (χ3v) is 3.53. The highest BCUT2D eigenvalue weighted by molar-refractivity contribution is 6.30. The summed E-state index contributed by atoms with van der Waals surface area (Å²) in [6.45, 7) is 1.91. The van der Waals surface area contributed by atoms with Gasteiger partial charge in [0.05, 0.1) is 12.6 Å². The second-order valence-electron chi connectivity index (χ2n) is 4.74. The van der Waals surface area contributed by atoms with Crippen molar-refractivity contribution in [3.63, 3.8) is 0 Å². The fourth-order valence-corrected chi connectivity index (χ4v) is 2.38. The van der Waals surface area contributed by atoms with Crippen molar-refractivity contribution in [2.75, 3.05) is 6.61 Å². The van der Waals surface area contributed by atoms with Gasteiger partial charge in [-0.15, -0.1) is 0 Å². The number of nitrogens with one attached hydrogen (secondary N) is 1. The molecule has 0 heterocycles. The van der Waals surface area contributed by atoms with Gasteiger partial charge in [0.2, 0.25) is 0 Å². The average molecular weight is 292 g/mol. The van der Waals surface area contributed by atoms with E-state index in [4.69, 9.17) is 11.6 Å². The van der Waals surface area contributed by atoms with E-state index in [9.17, 15) is 10.2 Å². The van der Waals surface area contributed by atoms with E-state index in [0.717, 1.165) is 5.56 Å². The first kappa shape index (κ1) is 14.9. The SMILES string of the molecule is C[C@H](N[C@@H](CO)c1ccccc1)c1cc(Cl)ccc1O. The maximum atomic E-state index is 9.90. The van der Waals surface area contributed by atoms with Crippen LogP contribution in [-0.4, -0.2) is 16.8 Å². The first-order valence-electron chi connectivity index (χ1n) is 6.52. The van der Waals surface area contributed by atoms with Crippen LogP contribution >= 0.6 is 11.6 Å². The summed E-state index contributed by atoms with van der Waals surface area (Å²) in [5.41, 5.74) is 1.72. The van der Waals surface area contributed by atoms with Gasteiger partial charge >= 0.3 is 0 Å². The second kappa shape index (κ2) is 6.75. The lowest BCUT2D eigenvalue weighted by Crippen LogP contribution is -2.27. The van der Waals surface area contributed by atoms with Gasteiger partial charge in [0.1, 0.15) is 5.75 Å². The molecular weight excluding hydrogens is 274 g/mol. The lowest BCUT2D eigenvalue weighted by Gasteiger charge is -2.23. The summed E-state index contributed by atoms with van der Waals surface area (Å²) in [7, 11) is 0. The predicted molar refractivity (Wildman–Crippen MR) is 80.9 cm³/mol. The van der Waals surface area contributed by atoms with Gasteiger partial charge in [0.25, 0.3) is 0 Å². The van der Waals surface area contributed by atoms with Crippen LogP contribution < -0.4 is 5.32 Å². The summed E-state index contributed by atoms with van der Waals surface area (Å²) in [4.78, 5) is 0. The third-order valence-electron chi connectivity index (χ3n) is 3.29. The molecule has 0 spiro atoms. The molecule has 0 bridgehead atoms. The van der Waals surface area contributed by atoms with Gasteiger partial charge in [-0.1, -0.05) is 41.9 Å². The van der Waals surface area contributed by atoms with Crippen molar-refractivity contribution in [2.24, 2.45) is 0 Å².